The number of amides is 1. The first-order valence-corrected chi connectivity index (χ1v) is 7.77. The SMILES string of the molecule is N#Cc1ccc(OC2CN(C(=O)c3cnc4ccccc4n3)C2)nc1. The van der Waals surface area contributed by atoms with Crippen LogP contribution in [0.1, 0.15) is 16.1 Å². The summed E-state index contributed by atoms with van der Waals surface area (Å²) in [5.74, 6) is 0.285. The van der Waals surface area contributed by atoms with E-state index in [2.05, 4.69) is 15.0 Å². The van der Waals surface area contributed by atoms with Gasteiger partial charge >= 0.3 is 0 Å². The number of rotatable bonds is 3. The van der Waals surface area contributed by atoms with Crippen LogP contribution in [0.5, 0.6) is 5.88 Å². The van der Waals surface area contributed by atoms with Crippen molar-refractivity contribution in [2.24, 2.45) is 0 Å². The Bertz CT molecular complexity index is 975. The van der Waals surface area contributed by atoms with Crippen molar-refractivity contribution in [2.45, 2.75) is 6.10 Å². The summed E-state index contributed by atoms with van der Waals surface area (Å²) in [5.41, 5.74) is 2.26. The number of nitriles is 1. The molecule has 7 heteroatoms. The van der Waals surface area contributed by atoms with Gasteiger partial charge in [-0.05, 0) is 18.2 Å². The molecule has 25 heavy (non-hydrogen) atoms. The van der Waals surface area contributed by atoms with E-state index in [0.717, 1.165) is 5.52 Å². The van der Waals surface area contributed by atoms with Gasteiger partial charge in [-0.25, -0.2) is 9.97 Å². The second-order valence-electron chi connectivity index (χ2n) is 5.69. The number of para-hydroxylation sites is 2. The van der Waals surface area contributed by atoms with Gasteiger partial charge in [0.1, 0.15) is 17.9 Å². The van der Waals surface area contributed by atoms with Crippen LogP contribution in [0.3, 0.4) is 0 Å². The summed E-state index contributed by atoms with van der Waals surface area (Å²) >= 11 is 0. The van der Waals surface area contributed by atoms with Crippen LogP contribution in [0.4, 0.5) is 0 Å². The molecule has 1 fully saturated rings. The van der Waals surface area contributed by atoms with E-state index in [0.29, 0.717) is 35.7 Å². The molecule has 7 nitrogen and oxygen atoms in total. The van der Waals surface area contributed by atoms with Gasteiger partial charge in [0, 0.05) is 12.3 Å². The predicted octanol–water partition coefficient (Wildman–Crippen LogP) is 1.80. The van der Waals surface area contributed by atoms with E-state index >= 15 is 0 Å². The summed E-state index contributed by atoms with van der Waals surface area (Å²) < 4.78 is 5.69. The average Bonchev–Trinajstić information content (AvgIpc) is 2.64. The summed E-state index contributed by atoms with van der Waals surface area (Å²) in [5, 5.41) is 8.75. The number of likely N-dealkylation sites (tertiary alicyclic amines) is 1. The highest BCUT2D eigenvalue weighted by Crippen LogP contribution is 2.19. The smallest absolute Gasteiger partial charge is 0.274 e. The molecule has 0 unspecified atom stereocenters. The Morgan fingerprint density at radius 3 is 2.64 bits per heavy atom. The predicted molar refractivity (Wildman–Crippen MR) is 88.8 cm³/mol. The minimum Gasteiger partial charge on any atom is -0.471 e. The second kappa shape index (κ2) is 6.17. The van der Waals surface area contributed by atoms with E-state index in [9.17, 15) is 4.79 Å². The fourth-order valence-electron chi connectivity index (χ4n) is 2.59. The highest BCUT2D eigenvalue weighted by molar-refractivity contribution is 5.94. The molecular weight excluding hydrogens is 318 g/mol. The van der Waals surface area contributed by atoms with Crippen molar-refractivity contribution >= 4 is 16.9 Å². The van der Waals surface area contributed by atoms with Gasteiger partial charge in [0.25, 0.3) is 5.91 Å². The second-order valence-corrected chi connectivity index (χ2v) is 5.69. The van der Waals surface area contributed by atoms with Crippen LogP contribution in [0.25, 0.3) is 11.0 Å². The van der Waals surface area contributed by atoms with Crippen LogP contribution in [0.2, 0.25) is 0 Å². The standard InChI is InChI=1S/C18H13N5O2/c19-7-12-5-6-17(21-8-12)25-13-10-23(11-13)18(24)16-9-20-14-3-1-2-4-15(14)22-16/h1-6,8-9,13H,10-11H2. The third-order valence-electron chi connectivity index (χ3n) is 3.96. The molecule has 1 saturated heterocycles. The summed E-state index contributed by atoms with van der Waals surface area (Å²) in [6, 6.07) is 12.7. The molecule has 1 aliphatic heterocycles. The van der Waals surface area contributed by atoms with Crippen molar-refractivity contribution in [2.75, 3.05) is 13.1 Å². The first-order valence-electron chi connectivity index (χ1n) is 7.77. The summed E-state index contributed by atoms with van der Waals surface area (Å²) in [4.78, 5) is 26.8. The number of carbonyl (C=O) groups is 1. The molecular formula is C18H13N5O2. The van der Waals surface area contributed by atoms with Crippen molar-refractivity contribution in [1.29, 1.82) is 5.26 Å². The Kier molecular flexibility index (Phi) is 3.71. The number of carbonyl (C=O) groups excluding carboxylic acids is 1. The highest BCUT2D eigenvalue weighted by atomic mass is 16.5. The molecule has 0 aliphatic carbocycles. The number of benzene rings is 1. The van der Waals surface area contributed by atoms with E-state index in [1.807, 2.05) is 30.3 Å². The Morgan fingerprint density at radius 2 is 1.92 bits per heavy atom. The van der Waals surface area contributed by atoms with E-state index < -0.39 is 0 Å². The number of aromatic nitrogens is 3. The zero-order valence-electron chi connectivity index (χ0n) is 13.2. The monoisotopic (exact) mass is 331 g/mol. The maximum atomic E-state index is 12.5. The average molecular weight is 331 g/mol. The molecule has 0 N–H and O–H groups in total. The fourth-order valence-corrected chi connectivity index (χ4v) is 2.59. The number of pyridine rings is 1. The molecule has 3 heterocycles. The number of hydrogen-bond donors (Lipinski definition) is 0. The zero-order chi connectivity index (χ0) is 17.2. The zero-order valence-corrected chi connectivity index (χ0v) is 13.2. The van der Waals surface area contributed by atoms with E-state index in [1.54, 1.807) is 17.0 Å². The quantitative estimate of drug-likeness (QED) is 0.726. The van der Waals surface area contributed by atoms with E-state index in [4.69, 9.17) is 10.00 Å². The molecule has 122 valence electrons. The normalized spacial score (nSPS) is 14.0. The first-order chi connectivity index (χ1) is 12.2. The molecule has 0 bridgehead atoms. The first kappa shape index (κ1) is 15.0. The van der Waals surface area contributed by atoms with Crippen LogP contribution in [-0.4, -0.2) is 45.0 Å². The van der Waals surface area contributed by atoms with Crippen LogP contribution in [-0.2, 0) is 0 Å². The fraction of sp³-hybridized carbons (Fsp3) is 0.167. The van der Waals surface area contributed by atoms with E-state index in [1.165, 1.54) is 12.4 Å². The number of nitrogens with zero attached hydrogens (tertiary/aromatic N) is 5. The van der Waals surface area contributed by atoms with Crippen molar-refractivity contribution in [3.8, 4) is 11.9 Å². The van der Waals surface area contributed by atoms with Gasteiger partial charge in [-0.15, -0.1) is 0 Å². The number of ether oxygens (including phenoxy) is 1. The van der Waals surface area contributed by atoms with Gasteiger partial charge in [-0.2, -0.15) is 5.26 Å². The van der Waals surface area contributed by atoms with Crippen molar-refractivity contribution < 1.29 is 9.53 Å². The topological polar surface area (TPSA) is 92.0 Å². The number of fused-ring (bicyclic) bond motifs is 1. The molecule has 2 aromatic heterocycles. The molecule has 0 saturated carbocycles. The Morgan fingerprint density at radius 1 is 1.12 bits per heavy atom. The minimum atomic E-state index is -0.161. The van der Waals surface area contributed by atoms with E-state index in [-0.39, 0.29) is 12.0 Å². The maximum Gasteiger partial charge on any atom is 0.274 e. The lowest BCUT2D eigenvalue weighted by Crippen LogP contribution is -2.56. The molecule has 1 amide bonds. The van der Waals surface area contributed by atoms with Gasteiger partial charge in [-0.1, -0.05) is 12.1 Å². The molecule has 0 spiro atoms. The minimum absolute atomic E-state index is 0.113. The van der Waals surface area contributed by atoms with Gasteiger partial charge in [0.2, 0.25) is 5.88 Å². The number of hydrogen-bond acceptors (Lipinski definition) is 6. The van der Waals surface area contributed by atoms with Crippen molar-refractivity contribution in [1.82, 2.24) is 19.9 Å². The van der Waals surface area contributed by atoms with Gasteiger partial charge in [0.05, 0.1) is 35.9 Å². The van der Waals surface area contributed by atoms with Crippen molar-refractivity contribution in [3.63, 3.8) is 0 Å². The van der Waals surface area contributed by atoms with Crippen LogP contribution in [0, 0.1) is 11.3 Å². The van der Waals surface area contributed by atoms with Crippen molar-refractivity contribution in [3.05, 3.63) is 60.0 Å². The molecule has 0 radical (unpaired) electrons. The molecule has 0 atom stereocenters. The van der Waals surface area contributed by atoms with Gasteiger partial charge in [-0.3, -0.25) is 9.78 Å². The highest BCUT2D eigenvalue weighted by Gasteiger charge is 2.33. The Balaban J connectivity index is 1.39. The Hall–Kier alpha value is -3.53. The van der Waals surface area contributed by atoms with Gasteiger partial charge < -0.3 is 9.64 Å². The van der Waals surface area contributed by atoms with Crippen LogP contribution < -0.4 is 4.74 Å². The molecule has 1 aromatic carbocycles. The third kappa shape index (κ3) is 2.97. The lowest BCUT2D eigenvalue weighted by atomic mass is 10.1. The molecule has 3 aromatic rings. The van der Waals surface area contributed by atoms with Crippen LogP contribution >= 0.6 is 0 Å². The summed E-state index contributed by atoms with van der Waals surface area (Å²) in [6.07, 6.45) is 2.85. The largest absolute Gasteiger partial charge is 0.471 e. The maximum absolute atomic E-state index is 12.5. The van der Waals surface area contributed by atoms with Crippen LogP contribution in [0.15, 0.2) is 48.8 Å². The Labute approximate surface area is 143 Å². The lowest BCUT2D eigenvalue weighted by Gasteiger charge is -2.38. The third-order valence-corrected chi connectivity index (χ3v) is 3.96. The lowest BCUT2D eigenvalue weighted by molar-refractivity contribution is 0.0156. The summed E-state index contributed by atoms with van der Waals surface area (Å²) in [6.45, 7) is 0.935. The molecule has 1 aliphatic rings. The van der Waals surface area contributed by atoms with Gasteiger partial charge in [0.15, 0.2) is 0 Å². The molecule has 4 rings (SSSR count). The summed E-state index contributed by atoms with van der Waals surface area (Å²) in [7, 11) is 0.